The van der Waals surface area contributed by atoms with Crippen molar-refractivity contribution >= 4 is 81.9 Å². The number of aromatic nitrogens is 1. The van der Waals surface area contributed by atoms with Crippen molar-refractivity contribution < 1.29 is 67.7 Å². The number of aryl methyl sites for hydroxylation is 1. The first kappa shape index (κ1) is 77.0. The van der Waals surface area contributed by atoms with Crippen LogP contribution in [0.2, 0.25) is 0 Å². The van der Waals surface area contributed by atoms with Crippen molar-refractivity contribution in [3.63, 3.8) is 0 Å². The second-order valence-electron chi connectivity index (χ2n) is 26.1. The Morgan fingerprint density at radius 1 is 0.667 bits per heavy atom. The first-order valence-electron chi connectivity index (χ1n) is 33.0. The van der Waals surface area contributed by atoms with E-state index in [4.69, 9.17) is 5.73 Å². The van der Waals surface area contributed by atoms with E-state index in [9.17, 15) is 67.7 Å². The number of amides is 7. The molecule has 12 N–H and O–H groups in total. The van der Waals surface area contributed by atoms with Gasteiger partial charge in [0.05, 0.1) is 38.0 Å². The second kappa shape index (κ2) is 38.1. The predicted octanol–water partition coefficient (Wildman–Crippen LogP) is 2.32. The summed E-state index contributed by atoms with van der Waals surface area (Å²) in [4.78, 5) is 144. The number of carbonyl (C=O) groups is 10. The molecular weight excluding hydrogens is 1260 g/mol. The number of nitrogens with one attached hydrogen (secondary N) is 7. The molecule has 0 radical (unpaired) electrons. The number of carboxylic acids is 3. The van der Waals surface area contributed by atoms with Crippen molar-refractivity contribution in [2.45, 2.75) is 127 Å². The number of benzene rings is 3. The third-order valence-corrected chi connectivity index (χ3v) is 18.7. The molecule has 2 aliphatic rings. The molecule has 26 nitrogen and oxygen atoms in total. The fraction of sp³-hybridized carbons (Fsp3) is 0.559. The average molecular weight is 1360 g/mol. The molecule has 4 aromatic rings. The number of hydrogen-bond acceptors (Lipinski definition) is 16. The summed E-state index contributed by atoms with van der Waals surface area (Å²) >= 11 is 1.33. The van der Waals surface area contributed by atoms with Crippen LogP contribution in [0, 0.1) is 18.7 Å². The number of para-hydroxylation sites is 1. The molecule has 0 unspecified atom stereocenters. The van der Waals surface area contributed by atoms with E-state index in [0.717, 1.165) is 22.0 Å². The van der Waals surface area contributed by atoms with E-state index in [-0.39, 0.29) is 160 Å². The van der Waals surface area contributed by atoms with Crippen molar-refractivity contribution in [3.8, 4) is 0 Å². The minimum Gasteiger partial charge on any atom is -0.480 e. The summed E-state index contributed by atoms with van der Waals surface area (Å²) in [6.45, 7) is 11.4. The lowest BCUT2D eigenvalue weighted by Crippen LogP contribution is -2.67. The van der Waals surface area contributed by atoms with E-state index in [0.29, 0.717) is 56.4 Å². The van der Waals surface area contributed by atoms with E-state index in [2.05, 4.69) is 36.9 Å². The highest BCUT2D eigenvalue weighted by Crippen LogP contribution is 2.34. The van der Waals surface area contributed by atoms with Gasteiger partial charge in [-0.3, -0.25) is 67.5 Å². The molecule has 28 heteroatoms. The first-order valence-corrected chi connectivity index (χ1v) is 33.9. The fourth-order valence-electron chi connectivity index (χ4n) is 11.7. The Bertz CT molecular complexity index is 3240. The number of thioether (sulfide) groups is 1. The van der Waals surface area contributed by atoms with E-state index in [1.807, 2.05) is 87.2 Å². The van der Waals surface area contributed by atoms with Crippen molar-refractivity contribution in [3.05, 3.63) is 107 Å². The number of H-pyrrole nitrogens is 1. The molecule has 3 atom stereocenters. The van der Waals surface area contributed by atoms with Crippen molar-refractivity contribution in [2.75, 3.05) is 111 Å². The van der Waals surface area contributed by atoms with Crippen molar-refractivity contribution in [1.29, 1.82) is 0 Å². The topological polar surface area (TPSA) is 362 Å². The molecule has 7 amide bonds. The zero-order chi connectivity index (χ0) is 70.0. The van der Waals surface area contributed by atoms with Gasteiger partial charge in [0.25, 0.3) is 0 Å². The number of aromatic amines is 1. The zero-order valence-corrected chi connectivity index (χ0v) is 56.7. The number of likely N-dealkylation sites (tertiary alicyclic amines) is 1. The summed E-state index contributed by atoms with van der Waals surface area (Å²) in [6, 6.07) is 19.5. The zero-order valence-electron chi connectivity index (χ0n) is 55.9. The van der Waals surface area contributed by atoms with Crippen molar-refractivity contribution in [1.82, 2.24) is 61.4 Å². The SMILES string of the molecule is Cc1ccc(CNCC(=O)N2CCC(NC(=O)[C@H](CC(C)C)SC(C)(C)CNC(=O)[C@H](Cc3ccccc3)NC(=O)CCCCCNC(=O)CN3CCN(CC(=O)O)CCN(CC(=O)O)CCN(CC(=O)O)CC3)(C(=O)N[C@@H](Cc3c[nH]c4ccccc34)C(N)=O)CC2)cc1F. The molecule has 1 aromatic heterocycles. The highest BCUT2D eigenvalue weighted by molar-refractivity contribution is 8.01. The van der Waals surface area contributed by atoms with Gasteiger partial charge in [0, 0.05) is 126 Å². The number of piperidine rings is 1. The summed E-state index contributed by atoms with van der Waals surface area (Å²) in [5.74, 6) is -6.69. The van der Waals surface area contributed by atoms with Crippen LogP contribution in [0.5, 0.6) is 0 Å². The molecule has 3 heterocycles. The Balaban J connectivity index is 1.04. The molecular formula is C68H98FN13O13S. The molecule has 6 rings (SSSR count). The lowest BCUT2D eigenvalue weighted by atomic mass is 9.85. The highest BCUT2D eigenvalue weighted by atomic mass is 32.2. The summed E-state index contributed by atoms with van der Waals surface area (Å²) in [7, 11) is 0. The van der Waals surface area contributed by atoms with Gasteiger partial charge in [0.2, 0.25) is 41.4 Å². The third-order valence-electron chi connectivity index (χ3n) is 17.2. The fourth-order valence-corrected chi connectivity index (χ4v) is 13.3. The van der Waals surface area contributed by atoms with Gasteiger partial charge < -0.3 is 62.8 Å². The molecule has 526 valence electrons. The highest BCUT2D eigenvalue weighted by Gasteiger charge is 2.46. The van der Waals surface area contributed by atoms with Gasteiger partial charge in [-0.05, 0) is 93.2 Å². The van der Waals surface area contributed by atoms with Crippen LogP contribution >= 0.6 is 11.8 Å². The Kier molecular flexibility index (Phi) is 30.5. The van der Waals surface area contributed by atoms with E-state index >= 15 is 0 Å². The number of unbranched alkanes of at least 4 members (excludes halogenated alkanes) is 2. The summed E-state index contributed by atoms with van der Waals surface area (Å²) in [5.41, 5.74) is 7.96. The van der Waals surface area contributed by atoms with Gasteiger partial charge >= 0.3 is 17.9 Å². The molecule has 0 aliphatic carbocycles. The standard InChI is InChI=1S/C68H98FN13O13S/c1-46(2)34-56(65(94)77-68(66(95)76-54(63(70)92)37-50-39-73-53-17-12-11-16-51(50)53)21-24-82(25-22-68)59(85)40-71-38-49-20-19-47(3)52(69)35-49)96-67(4,5)45-74-64(93)55(36-48-14-8-6-9-15-48)75-57(83)18-10-7-13-23-72-58(84)41-78-26-28-79(42-60(86)87)30-32-81(44-62(90)91)33-31-80(29-27-78)43-61(88)89/h6,8-9,11-12,14-17,19-20,35,39,46,54-56,71,73H,7,10,13,18,21-34,36-38,40-45H2,1-5H3,(H2,70,92)(H,72,84)(H,74,93)(H,75,83)(H,76,95)(H,77,94)(H,86,87)(H,88,89)(H,90,91)/t54-,55-,56-/m0/s1. The number of aliphatic carboxylic acids is 3. The van der Waals surface area contributed by atoms with Gasteiger partial charge in [-0.1, -0.05) is 80.9 Å². The van der Waals surface area contributed by atoms with Crippen LogP contribution < -0.4 is 37.6 Å². The lowest BCUT2D eigenvalue weighted by Gasteiger charge is -2.42. The van der Waals surface area contributed by atoms with Gasteiger partial charge in [0.1, 0.15) is 23.4 Å². The number of halogens is 1. The minimum absolute atomic E-state index is 0.00226. The Morgan fingerprint density at radius 3 is 1.82 bits per heavy atom. The van der Waals surface area contributed by atoms with Crippen molar-refractivity contribution in [2.24, 2.45) is 11.7 Å². The molecule has 96 heavy (non-hydrogen) atoms. The summed E-state index contributed by atoms with van der Waals surface area (Å²) in [6.07, 6.45) is 4.05. The molecule has 0 saturated carbocycles. The van der Waals surface area contributed by atoms with Crippen LogP contribution in [-0.2, 0) is 67.3 Å². The van der Waals surface area contributed by atoms with E-state index in [1.165, 1.54) is 17.8 Å². The summed E-state index contributed by atoms with van der Waals surface area (Å²) < 4.78 is 13.5. The molecule has 2 saturated heterocycles. The van der Waals surface area contributed by atoms with Crippen LogP contribution in [0.4, 0.5) is 4.39 Å². The predicted molar refractivity (Wildman–Crippen MR) is 363 cm³/mol. The lowest BCUT2D eigenvalue weighted by molar-refractivity contribution is -0.140. The molecule has 0 bridgehead atoms. The number of carbonyl (C=O) groups excluding carboxylic acids is 7. The largest absolute Gasteiger partial charge is 0.480 e. The van der Waals surface area contributed by atoms with Crippen LogP contribution in [0.1, 0.15) is 94.9 Å². The Hall–Kier alpha value is -8.02. The maximum Gasteiger partial charge on any atom is 0.317 e. The maximum absolute atomic E-state index is 14.9. The smallest absolute Gasteiger partial charge is 0.317 e. The number of hydrogen-bond donors (Lipinski definition) is 11. The van der Waals surface area contributed by atoms with Crippen LogP contribution in [0.25, 0.3) is 10.9 Å². The Labute approximate surface area is 565 Å². The van der Waals surface area contributed by atoms with E-state index < -0.39 is 69.2 Å². The molecule has 2 aliphatic heterocycles. The third kappa shape index (κ3) is 26.2. The van der Waals surface area contributed by atoms with Crippen LogP contribution in [0.15, 0.2) is 79.0 Å². The summed E-state index contributed by atoms with van der Waals surface area (Å²) in [5, 5.41) is 46.7. The van der Waals surface area contributed by atoms with Gasteiger partial charge in [-0.15, -0.1) is 11.8 Å². The minimum atomic E-state index is -1.58. The second-order valence-corrected chi connectivity index (χ2v) is 28.0. The first-order chi connectivity index (χ1) is 45.7. The average Bonchev–Trinajstić information content (AvgIpc) is 0.940. The van der Waals surface area contributed by atoms with E-state index in [1.54, 1.807) is 44.9 Å². The monoisotopic (exact) mass is 1360 g/mol. The molecule has 0 spiro atoms. The van der Waals surface area contributed by atoms with Gasteiger partial charge in [0.15, 0.2) is 0 Å². The number of rotatable bonds is 35. The number of carboxylic acid groups (broad SMARTS) is 3. The molecule has 2 fully saturated rings. The van der Waals surface area contributed by atoms with Crippen LogP contribution in [0.3, 0.4) is 0 Å². The van der Waals surface area contributed by atoms with Gasteiger partial charge in [-0.2, -0.15) is 0 Å². The maximum atomic E-state index is 14.9. The van der Waals surface area contributed by atoms with Crippen LogP contribution in [-0.4, -0.2) is 243 Å². The number of fused-ring (bicyclic) bond motifs is 1. The number of nitrogens with two attached hydrogens (primary N) is 1. The quantitative estimate of drug-likeness (QED) is 0.0294. The molecule has 3 aromatic carbocycles. The van der Waals surface area contributed by atoms with Gasteiger partial charge in [-0.25, -0.2) is 4.39 Å². The number of nitrogens with zero attached hydrogens (tertiary/aromatic N) is 5. The number of primary amides is 1. The normalized spacial score (nSPS) is 16.5. The Morgan fingerprint density at radius 2 is 1.25 bits per heavy atom.